The predicted octanol–water partition coefficient (Wildman–Crippen LogP) is 6.06. The van der Waals surface area contributed by atoms with Crippen LogP contribution in [0.4, 0.5) is 0 Å². The van der Waals surface area contributed by atoms with Crippen molar-refractivity contribution in [3.63, 3.8) is 0 Å². The van der Waals surface area contributed by atoms with Gasteiger partial charge in [0.2, 0.25) is 5.84 Å². The molecule has 1 atom stereocenters. The second-order valence-electron chi connectivity index (χ2n) is 9.21. The topological polar surface area (TPSA) is 102 Å². The lowest BCUT2D eigenvalue weighted by atomic mass is 10.0. The highest BCUT2D eigenvalue weighted by molar-refractivity contribution is 7.80. The third-order valence-corrected chi connectivity index (χ3v) is 6.99. The molecule has 0 aromatic heterocycles. The summed E-state index contributed by atoms with van der Waals surface area (Å²) < 4.78 is 31.6. The number of unbranched alkanes of at least 4 members (excludes halogenated alkanes) is 13. The van der Waals surface area contributed by atoms with Crippen LogP contribution in [0.1, 0.15) is 111 Å². The Balaban J connectivity index is 0.00000135. The molecule has 7 nitrogen and oxygen atoms in total. The third kappa shape index (κ3) is 17.6. The van der Waals surface area contributed by atoms with E-state index in [-0.39, 0.29) is 6.61 Å². The Hall–Kier alpha value is -0.800. The van der Waals surface area contributed by atoms with Gasteiger partial charge in [-0.3, -0.25) is 9.04 Å². The Morgan fingerprint density at radius 1 is 0.941 bits per heavy atom. The van der Waals surface area contributed by atoms with Gasteiger partial charge in [0.1, 0.15) is 6.54 Å². The first kappa shape index (κ1) is 33.2. The molecule has 1 unspecified atom stereocenters. The zero-order valence-corrected chi connectivity index (χ0v) is 23.2. The Kier molecular flexibility index (Phi) is 21.0. The highest BCUT2D eigenvalue weighted by atomic mass is 32.3. The van der Waals surface area contributed by atoms with E-state index in [0.717, 1.165) is 37.2 Å². The van der Waals surface area contributed by atoms with Crippen LogP contribution in [0.5, 0.6) is 0 Å². The predicted molar refractivity (Wildman–Crippen MR) is 145 cm³/mol. The number of quaternary nitrogens is 1. The van der Waals surface area contributed by atoms with Crippen LogP contribution in [0.25, 0.3) is 0 Å². The molecule has 0 amide bonds. The molecule has 0 aromatic rings. The molecule has 8 heteroatoms. The first-order valence-electron chi connectivity index (χ1n) is 13.7. The van der Waals surface area contributed by atoms with E-state index in [0.29, 0.717) is 0 Å². The Morgan fingerprint density at radius 2 is 1.47 bits per heavy atom. The molecule has 0 radical (unpaired) electrons. The summed E-state index contributed by atoms with van der Waals surface area (Å²) in [5, 5.41) is 0. The van der Waals surface area contributed by atoms with E-state index in [1.54, 1.807) is 0 Å². The fourth-order valence-corrected chi connectivity index (χ4v) is 4.70. The minimum absolute atomic E-state index is 0.0289. The Labute approximate surface area is 210 Å². The summed E-state index contributed by atoms with van der Waals surface area (Å²) in [5.74, 6) is 1.26. The van der Waals surface area contributed by atoms with Gasteiger partial charge in [-0.05, 0) is 26.7 Å². The molecule has 3 N–H and O–H groups in total. The van der Waals surface area contributed by atoms with Crippen molar-refractivity contribution >= 4 is 16.2 Å². The van der Waals surface area contributed by atoms with E-state index in [9.17, 15) is 8.42 Å². The lowest BCUT2D eigenvalue weighted by molar-refractivity contribution is -0.830. The van der Waals surface area contributed by atoms with E-state index < -0.39 is 10.4 Å². The van der Waals surface area contributed by atoms with E-state index in [4.69, 9.17) is 15.3 Å². The average molecular weight is 505 g/mol. The molecular formula is C26H54N3O4S+. The SMILES string of the molecule is CCCCCCCCCCCCCCCC=CC1=NCC[N+]1(CC)CCN.CCOS(=O)(=O)O. The zero-order valence-electron chi connectivity index (χ0n) is 22.3. The number of amidine groups is 1. The van der Waals surface area contributed by atoms with Gasteiger partial charge in [-0.1, -0.05) is 90.0 Å². The number of aliphatic imine (C=N–C) groups is 1. The van der Waals surface area contributed by atoms with Crippen LogP contribution in [0.3, 0.4) is 0 Å². The fraction of sp³-hybridized carbons (Fsp3) is 0.885. The Bertz CT molecular complexity index is 638. The monoisotopic (exact) mass is 504 g/mol. The Morgan fingerprint density at radius 3 is 1.88 bits per heavy atom. The molecule has 202 valence electrons. The van der Waals surface area contributed by atoms with E-state index in [1.165, 1.54) is 103 Å². The molecule has 0 saturated carbocycles. The van der Waals surface area contributed by atoms with Gasteiger partial charge in [-0.15, -0.1) is 0 Å². The fourth-order valence-electron chi connectivity index (χ4n) is 4.40. The molecule has 0 aliphatic carbocycles. The molecule has 34 heavy (non-hydrogen) atoms. The molecular weight excluding hydrogens is 450 g/mol. The molecule has 1 heterocycles. The summed E-state index contributed by atoms with van der Waals surface area (Å²) >= 11 is 0. The number of allylic oxidation sites excluding steroid dienone is 1. The van der Waals surface area contributed by atoms with Crippen LogP contribution in [-0.2, 0) is 14.6 Å². The van der Waals surface area contributed by atoms with Gasteiger partial charge in [-0.25, -0.2) is 9.18 Å². The summed E-state index contributed by atoms with van der Waals surface area (Å²) in [5.41, 5.74) is 5.82. The summed E-state index contributed by atoms with van der Waals surface area (Å²) in [6.45, 7) is 11.0. The van der Waals surface area contributed by atoms with E-state index in [1.807, 2.05) is 0 Å². The van der Waals surface area contributed by atoms with Crippen molar-refractivity contribution in [1.29, 1.82) is 0 Å². The molecule has 0 bridgehead atoms. The van der Waals surface area contributed by atoms with Gasteiger partial charge >= 0.3 is 10.4 Å². The van der Waals surface area contributed by atoms with Gasteiger partial charge in [0, 0.05) is 12.6 Å². The van der Waals surface area contributed by atoms with Gasteiger partial charge in [-0.2, -0.15) is 8.42 Å². The second kappa shape index (κ2) is 21.5. The molecule has 1 aliphatic heterocycles. The quantitative estimate of drug-likeness (QED) is 0.119. The summed E-state index contributed by atoms with van der Waals surface area (Å²) in [6, 6.07) is 0. The van der Waals surface area contributed by atoms with Crippen LogP contribution in [0.15, 0.2) is 17.1 Å². The van der Waals surface area contributed by atoms with Crippen LogP contribution in [-0.4, -0.2) is 62.6 Å². The molecule has 0 saturated heterocycles. The molecule has 0 fully saturated rings. The molecule has 0 spiro atoms. The highest BCUT2D eigenvalue weighted by Crippen LogP contribution is 2.16. The molecule has 1 aliphatic rings. The van der Waals surface area contributed by atoms with Gasteiger partial charge in [0.05, 0.1) is 26.2 Å². The van der Waals surface area contributed by atoms with Gasteiger partial charge in [0.25, 0.3) is 0 Å². The van der Waals surface area contributed by atoms with Gasteiger partial charge < -0.3 is 5.73 Å². The standard InChI is InChI=1S/C24H48N3.C2H6O4S/c1-3-5-6-7-8-9-10-11-12-13-14-15-16-17-18-19-24-26-21-23-27(24,4-2)22-20-25;1-2-6-7(3,4)5/h18-19H,3-17,20-23,25H2,1-2H3;2H2,1H3,(H,3,4,5)/q+1;. The number of nitrogens with zero attached hydrogens (tertiary/aromatic N) is 2. The molecule has 0 aromatic carbocycles. The van der Waals surface area contributed by atoms with Crippen LogP contribution < -0.4 is 5.73 Å². The van der Waals surface area contributed by atoms with E-state index in [2.05, 4.69) is 30.2 Å². The van der Waals surface area contributed by atoms with Crippen LogP contribution >= 0.6 is 0 Å². The summed E-state index contributed by atoms with van der Waals surface area (Å²) in [7, 11) is -4.17. The number of likely N-dealkylation sites (N-methyl/N-ethyl adjacent to an activating group) is 1. The van der Waals surface area contributed by atoms with Crippen molar-refractivity contribution in [3.8, 4) is 0 Å². The summed E-state index contributed by atoms with van der Waals surface area (Å²) in [4.78, 5) is 4.73. The van der Waals surface area contributed by atoms with Crippen molar-refractivity contribution in [2.24, 2.45) is 10.7 Å². The van der Waals surface area contributed by atoms with Crippen LogP contribution in [0.2, 0.25) is 0 Å². The van der Waals surface area contributed by atoms with Gasteiger partial charge in [0.15, 0.2) is 0 Å². The molecule has 1 rings (SSSR count). The highest BCUT2D eigenvalue weighted by Gasteiger charge is 2.33. The number of hydrogen-bond donors (Lipinski definition) is 2. The maximum Gasteiger partial charge on any atom is 0.397 e. The number of rotatable bonds is 20. The maximum absolute atomic E-state index is 9.56. The van der Waals surface area contributed by atoms with Crippen molar-refractivity contribution in [3.05, 3.63) is 12.2 Å². The first-order valence-corrected chi connectivity index (χ1v) is 15.1. The van der Waals surface area contributed by atoms with Crippen molar-refractivity contribution in [2.45, 2.75) is 111 Å². The third-order valence-electron chi connectivity index (χ3n) is 6.46. The minimum Gasteiger partial charge on any atom is -0.326 e. The zero-order chi connectivity index (χ0) is 25.5. The normalized spacial score (nSPS) is 18.2. The second-order valence-corrected chi connectivity index (χ2v) is 10.3. The largest absolute Gasteiger partial charge is 0.397 e. The van der Waals surface area contributed by atoms with E-state index >= 15 is 0 Å². The van der Waals surface area contributed by atoms with Crippen LogP contribution in [0, 0.1) is 0 Å². The van der Waals surface area contributed by atoms with Crippen molar-refractivity contribution in [2.75, 3.05) is 39.3 Å². The number of hydrogen-bond acceptors (Lipinski definition) is 5. The smallest absolute Gasteiger partial charge is 0.326 e. The number of nitrogens with two attached hydrogens (primary N) is 1. The average Bonchev–Trinajstić information content (AvgIpc) is 3.19. The van der Waals surface area contributed by atoms with Crippen molar-refractivity contribution in [1.82, 2.24) is 0 Å². The lowest BCUT2D eigenvalue weighted by Crippen LogP contribution is -2.52. The summed E-state index contributed by atoms with van der Waals surface area (Å²) in [6.07, 6.45) is 24.3. The first-order chi connectivity index (χ1) is 16.3. The lowest BCUT2D eigenvalue weighted by Gasteiger charge is -2.32. The maximum atomic E-state index is 9.56. The minimum atomic E-state index is -4.17. The van der Waals surface area contributed by atoms with Crippen molar-refractivity contribution < 1.29 is 21.6 Å².